The predicted molar refractivity (Wildman–Crippen MR) is 66.2 cm³/mol. The first-order chi connectivity index (χ1) is 8.08. The Morgan fingerprint density at radius 1 is 1.59 bits per heavy atom. The van der Waals surface area contributed by atoms with E-state index in [9.17, 15) is 9.90 Å². The Balaban J connectivity index is 2.87. The third-order valence-electron chi connectivity index (χ3n) is 2.59. The summed E-state index contributed by atoms with van der Waals surface area (Å²) in [7, 11) is 1.61. The molecule has 17 heavy (non-hydrogen) atoms. The van der Waals surface area contributed by atoms with E-state index in [1.54, 1.807) is 25.3 Å². The van der Waals surface area contributed by atoms with E-state index >= 15 is 0 Å². The maximum atomic E-state index is 10.9. The van der Waals surface area contributed by atoms with Gasteiger partial charge in [0.15, 0.2) is 0 Å². The molecule has 0 saturated carbocycles. The molecule has 0 heterocycles. The summed E-state index contributed by atoms with van der Waals surface area (Å²) in [6, 6.07) is 4.51. The summed E-state index contributed by atoms with van der Waals surface area (Å²) in [6.07, 6.45) is 2.65. The van der Waals surface area contributed by atoms with Gasteiger partial charge in [-0.1, -0.05) is 18.2 Å². The van der Waals surface area contributed by atoms with Crippen LogP contribution in [0, 0.1) is 0 Å². The van der Waals surface area contributed by atoms with Crippen LogP contribution in [-0.4, -0.2) is 29.3 Å². The Kier molecular flexibility index (Phi) is 4.72. The fourth-order valence-corrected chi connectivity index (χ4v) is 1.63. The first kappa shape index (κ1) is 13.3. The molecule has 0 aliphatic heterocycles. The lowest BCUT2D eigenvalue weighted by atomic mass is 10.0. The summed E-state index contributed by atoms with van der Waals surface area (Å²) in [4.78, 5) is 10.9. The largest absolute Gasteiger partial charge is 0.508 e. The van der Waals surface area contributed by atoms with Gasteiger partial charge in [-0.25, -0.2) is 0 Å². The fourth-order valence-electron chi connectivity index (χ4n) is 1.63. The molecular formula is C13H17NO3. The zero-order valence-electron chi connectivity index (χ0n) is 9.81. The molecule has 0 saturated heterocycles. The van der Waals surface area contributed by atoms with Gasteiger partial charge >= 0.3 is 5.97 Å². The first-order valence-electron chi connectivity index (χ1n) is 5.40. The average Bonchev–Trinajstić information content (AvgIpc) is 2.30. The van der Waals surface area contributed by atoms with Crippen molar-refractivity contribution in [3.05, 3.63) is 42.0 Å². The number of benzene rings is 1. The van der Waals surface area contributed by atoms with Crippen LogP contribution in [-0.2, 0) is 17.6 Å². The number of carboxylic acids is 1. The van der Waals surface area contributed by atoms with Crippen LogP contribution in [0.2, 0.25) is 0 Å². The highest BCUT2D eigenvalue weighted by Crippen LogP contribution is 2.20. The van der Waals surface area contributed by atoms with E-state index in [1.165, 1.54) is 0 Å². The minimum atomic E-state index is -0.883. The van der Waals surface area contributed by atoms with Gasteiger partial charge in [0.1, 0.15) is 11.8 Å². The van der Waals surface area contributed by atoms with Crippen LogP contribution >= 0.6 is 0 Å². The van der Waals surface area contributed by atoms with Gasteiger partial charge in [0.25, 0.3) is 0 Å². The van der Waals surface area contributed by atoms with Crippen molar-refractivity contribution < 1.29 is 15.0 Å². The molecule has 0 aromatic heterocycles. The quantitative estimate of drug-likeness (QED) is 0.651. The normalized spacial score (nSPS) is 12.1. The van der Waals surface area contributed by atoms with Crippen LogP contribution in [0.3, 0.4) is 0 Å². The van der Waals surface area contributed by atoms with Gasteiger partial charge in [-0.3, -0.25) is 4.79 Å². The second-order valence-corrected chi connectivity index (χ2v) is 3.84. The van der Waals surface area contributed by atoms with E-state index in [4.69, 9.17) is 5.11 Å². The molecule has 0 bridgehead atoms. The molecule has 1 aromatic carbocycles. The Morgan fingerprint density at radius 3 is 2.82 bits per heavy atom. The lowest BCUT2D eigenvalue weighted by Crippen LogP contribution is -2.35. The molecule has 0 spiro atoms. The zero-order valence-corrected chi connectivity index (χ0v) is 9.81. The summed E-state index contributed by atoms with van der Waals surface area (Å²) < 4.78 is 0. The topological polar surface area (TPSA) is 69.6 Å². The minimum absolute atomic E-state index is 0.213. The number of allylic oxidation sites excluding steroid dienone is 1. The first-order valence-corrected chi connectivity index (χ1v) is 5.40. The van der Waals surface area contributed by atoms with E-state index in [1.807, 2.05) is 6.07 Å². The van der Waals surface area contributed by atoms with E-state index in [2.05, 4.69) is 11.9 Å². The maximum Gasteiger partial charge on any atom is 0.321 e. The van der Waals surface area contributed by atoms with Gasteiger partial charge in [-0.2, -0.15) is 0 Å². The number of aromatic hydroxyl groups is 1. The number of likely N-dealkylation sites (N-methyl/N-ethyl adjacent to an activating group) is 1. The average molecular weight is 235 g/mol. The van der Waals surface area contributed by atoms with Crippen LogP contribution in [0.25, 0.3) is 0 Å². The van der Waals surface area contributed by atoms with Crippen LogP contribution in [0.4, 0.5) is 0 Å². The minimum Gasteiger partial charge on any atom is -0.508 e. The number of carbonyl (C=O) groups is 1. The van der Waals surface area contributed by atoms with Crippen molar-refractivity contribution in [2.24, 2.45) is 0 Å². The molecule has 92 valence electrons. The number of phenolic OH excluding ortho intramolecular Hbond substituents is 1. The molecule has 0 fully saturated rings. The molecule has 1 aromatic rings. The zero-order chi connectivity index (χ0) is 12.8. The van der Waals surface area contributed by atoms with Crippen molar-refractivity contribution in [3.63, 3.8) is 0 Å². The highest BCUT2D eigenvalue weighted by molar-refractivity contribution is 5.73. The molecule has 3 N–H and O–H groups in total. The Bertz CT molecular complexity index is 415. The molecule has 0 aliphatic carbocycles. The third-order valence-corrected chi connectivity index (χ3v) is 2.59. The van der Waals surface area contributed by atoms with Gasteiger partial charge < -0.3 is 15.5 Å². The van der Waals surface area contributed by atoms with Gasteiger partial charge in [0.05, 0.1) is 0 Å². The predicted octanol–water partition coefficient (Wildman–Crippen LogP) is 1.34. The second-order valence-electron chi connectivity index (χ2n) is 3.84. The highest BCUT2D eigenvalue weighted by Gasteiger charge is 2.15. The molecular weight excluding hydrogens is 218 g/mol. The van der Waals surface area contributed by atoms with Gasteiger partial charge in [-0.15, -0.1) is 6.58 Å². The molecule has 4 nitrogen and oxygen atoms in total. The third kappa shape index (κ3) is 3.60. The summed E-state index contributed by atoms with van der Waals surface area (Å²) in [5.74, 6) is -0.671. The standard InChI is InChI=1S/C13H17NO3/c1-3-4-10-7-9(5-6-12(10)15)8-11(14-2)13(16)17/h3,5-7,11,14-15H,1,4,8H2,2H3,(H,16,17). The number of carboxylic acid groups (broad SMARTS) is 1. The summed E-state index contributed by atoms with van der Waals surface area (Å²) in [6.45, 7) is 3.61. The molecule has 0 amide bonds. The molecule has 1 atom stereocenters. The Morgan fingerprint density at radius 2 is 2.29 bits per heavy atom. The van der Waals surface area contributed by atoms with Crippen molar-refractivity contribution in [3.8, 4) is 5.75 Å². The fraction of sp³-hybridized carbons (Fsp3) is 0.308. The number of rotatable bonds is 6. The molecule has 0 radical (unpaired) electrons. The molecule has 1 unspecified atom stereocenters. The number of phenols is 1. The van der Waals surface area contributed by atoms with Crippen LogP contribution < -0.4 is 5.32 Å². The number of aliphatic carboxylic acids is 1. The highest BCUT2D eigenvalue weighted by atomic mass is 16.4. The smallest absolute Gasteiger partial charge is 0.321 e. The van der Waals surface area contributed by atoms with E-state index < -0.39 is 12.0 Å². The number of hydrogen-bond acceptors (Lipinski definition) is 3. The summed E-state index contributed by atoms with van der Waals surface area (Å²) >= 11 is 0. The second kappa shape index (κ2) is 6.06. The van der Waals surface area contributed by atoms with Crippen LogP contribution in [0.1, 0.15) is 11.1 Å². The monoisotopic (exact) mass is 235 g/mol. The number of nitrogens with one attached hydrogen (secondary N) is 1. The maximum absolute atomic E-state index is 10.9. The molecule has 4 heteroatoms. The Hall–Kier alpha value is -1.81. The van der Waals surface area contributed by atoms with E-state index in [0.29, 0.717) is 12.8 Å². The number of hydrogen-bond donors (Lipinski definition) is 3. The van der Waals surface area contributed by atoms with Crippen LogP contribution in [0.15, 0.2) is 30.9 Å². The van der Waals surface area contributed by atoms with Crippen molar-refractivity contribution in [2.75, 3.05) is 7.05 Å². The summed E-state index contributed by atoms with van der Waals surface area (Å²) in [5, 5.41) is 21.3. The lowest BCUT2D eigenvalue weighted by molar-refractivity contribution is -0.139. The van der Waals surface area contributed by atoms with Gasteiger partial charge in [-0.05, 0) is 37.1 Å². The van der Waals surface area contributed by atoms with Crippen molar-refractivity contribution >= 4 is 5.97 Å². The Labute approximate surface area is 101 Å². The van der Waals surface area contributed by atoms with Gasteiger partial charge in [0.2, 0.25) is 0 Å². The van der Waals surface area contributed by atoms with Crippen molar-refractivity contribution in [1.82, 2.24) is 5.32 Å². The van der Waals surface area contributed by atoms with Crippen LogP contribution in [0.5, 0.6) is 5.75 Å². The lowest BCUT2D eigenvalue weighted by Gasteiger charge is -2.12. The van der Waals surface area contributed by atoms with Crippen molar-refractivity contribution in [2.45, 2.75) is 18.9 Å². The summed E-state index contributed by atoms with van der Waals surface area (Å²) in [5.41, 5.74) is 1.64. The van der Waals surface area contributed by atoms with E-state index in [-0.39, 0.29) is 5.75 Å². The molecule has 0 aliphatic rings. The van der Waals surface area contributed by atoms with Gasteiger partial charge in [0, 0.05) is 0 Å². The molecule has 1 rings (SSSR count). The SMILES string of the molecule is C=CCc1cc(CC(NC)C(=O)O)ccc1O. The van der Waals surface area contributed by atoms with E-state index in [0.717, 1.165) is 11.1 Å². The van der Waals surface area contributed by atoms with Crippen molar-refractivity contribution in [1.29, 1.82) is 0 Å².